The lowest BCUT2D eigenvalue weighted by Gasteiger charge is -2.09. The van der Waals surface area contributed by atoms with Crippen LogP contribution in [0.1, 0.15) is 16.7 Å². The third-order valence-electron chi connectivity index (χ3n) is 4.25. The van der Waals surface area contributed by atoms with E-state index in [4.69, 9.17) is 25.8 Å². The summed E-state index contributed by atoms with van der Waals surface area (Å²) in [6.07, 6.45) is 1.75. The first-order valence-electron chi connectivity index (χ1n) is 9.12. The van der Waals surface area contributed by atoms with Gasteiger partial charge in [-0.3, -0.25) is 0 Å². The standard InChI is InChI=1S/C23H23ClN2O3/c1-27-22-11-10-18(13-23(22)28-2)15-26-25-14-17-6-5-8-20(12-17)29-16-19-7-3-4-9-21(19)24/h3-14,26H,15-16H2,1-2H3/b25-14-. The van der Waals surface area contributed by atoms with Crippen molar-refractivity contribution in [1.29, 1.82) is 0 Å². The van der Waals surface area contributed by atoms with E-state index >= 15 is 0 Å². The first kappa shape index (κ1) is 20.6. The SMILES string of the molecule is COc1ccc(CN/N=C\c2cccc(OCc3ccccc3Cl)c2)cc1OC. The Kier molecular flexibility index (Phi) is 7.36. The van der Waals surface area contributed by atoms with Crippen LogP contribution in [-0.4, -0.2) is 20.4 Å². The van der Waals surface area contributed by atoms with Crippen LogP contribution in [-0.2, 0) is 13.2 Å². The van der Waals surface area contributed by atoms with Gasteiger partial charge in [-0.15, -0.1) is 0 Å². The highest BCUT2D eigenvalue weighted by atomic mass is 35.5. The second-order valence-electron chi connectivity index (χ2n) is 6.23. The number of hydrogen-bond donors (Lipinski definition) is 1. The van der Waals surface area contributed by atoms with E-state index in [0.29, 0.717) is 29.7 Å². The van der Waals surface area contributed by atoms with Crippen molar-refractivity contribution in [3.8, 4) is 17.2 Å². The third kappa shape index (κ3) is 5.90. The van der Waals surface area contributed by atoms with Gasteiger partial charge < -0.3 is 19.6 Å². The first-order valence-corrected chi connectivity index (χ1v) is 9.50. The Labute approximate surface area is 175 Å². The number of nitrogens with one attached hydrogen (secondary N) is 1. The molecular formula is C23H23ClN2O3. The average Bonchev–Trinajstić information content (AvgIpc) is 2.76. The van der Waals surface area contributed by atoms with Crippen molar-refractivity contribution in [3.63, 3.8) is 0 Å². The molecule has 0 aromatic heterocycles. The molecule has 6 heteroatoms. The molecule has 0 radical (unpaired) electrons. The van der Waals surface area contributed by atoms with Crippen LogP contribution in [0.15, 0.2) is 71.8 Å². The van der Waals surface area contributed by atoms with Gasteiger partial charge in [0.1, 0.15) is 12.4 Å². The number of rotatable bonds is 9. The molecule has 0 saturated carbocycles. The highest BCUT2D eigenvalue weighted by Crippen LogP contribution is 2.27. The van der Waals surface area contributed by atoms with Crippen LogP contribution < -0.4 is 19.6 Å². The van der Waals surface area contributed by atoms with E-state index in [1.807, 2.05) is 66.7 Å². The molecule has 0 aliphatic carbocycles. The van der Waals surface area contributed by atoms with Crippen LogP contribution >= 0.6 is 11.6 Å². The van der Waals surface area contributed by atoms with Gasteiger partial charge in [-0.05, 0) is 41.5 Å². The van der Waals surface area contributed by atoms with Gasteiger partial charge >= 0.3 is 0 Å². The Morgan fingerprint density at radius 2 is 1.76 bits per heavy atom. The summed E-state index contributed by atoms with van der Waals surface area (Å²) in [4.78, 5) is 0. The molecule has 0 saturated heterocycles. The third-order valence-corrected chi connectivity index (χ3v) is 4.62. The van der Waals surface area contributed by atoms with Crippen molar-refractivity contribution in [2.24, 2.45) is 5.10 Å². The normalized spacial score (nSPS) is 10.7. The summed E-state index contributed by atoms with van der Waals surface area (Å²) in [6, 6.07) is 21.1. The second-order valence-corrected chi connectivity index (χ2v) is 6.64. The molecule has 0 heterocycles. The van der Waals surface area contributed by atoms with E-state index in [1.165, 1.54) is 0 Å². The van der Waals surface area contributed by atoms with Gasteiger partial charge in [-0.2, -0.15) is 5.10 Å². The number of hydrogen-bond acceptors (Lipinski definition) is 5. The second kappa shape index (κ2) is 10.4. The van der Waals surface area contributed by atoms with Crippen molar-refractivity contribution in [2.75, 3.05) is 14.2 Å². The lowest BCUT2D eigenvalue weighted by molar-refractivity contribution is 0.306. The minimum atomic E-state index is 0.415. The highest BCUT2D eigenvalue weighted by Gasteiger charge is 2.04. The molecule has 0 aliphatic heterocycles. The minimum Gasteiger partial charge on any atom is -0.493 e. The Morgan fingerprint density at radius 1 is 0.931 bits per heavy atom. The Morgan fingerprint density at radius 3 is 2.55 bits per heavy atom. The van der Waals surface area contributed by atoms with Gasteiger partial charge in [0.05, 0.1) is 27.0 Å². The maximum absolute atomic E-state index is 6.17. The molecule has 0 amide bonds. The largest absolute Gasteiger partial charge is 0.493 e. The summed E-state index contributed by atoms with van der Waals surface area (Å²) in [6.45, 7) is 0.984. The fourth-order valence-corrected chi connectivity index (χ4v) is 2.90. The Hall–Kier alpha value is -3.18. The number of methoxy groups -OCH3 is 2. The summed E-state index contributed by atoms with van der Waals surface area (Å²) in [7, 11) is 3.24. The van der Waals surface area contributed by atoms with Crippen LogP contribution in [0.3, 0.4) is 0 Å². The molecule has 5 nitrogen and oxygen atoms in total. The van der Waals surface area contributed by atoms with Crippen molar-refractivity contribution in [2.45, 2.75) is 13.2 Å². The van der Waals surface area contributed by atoms with Crippen LogP contribution in [0.2, 0.25) is 5.02 Å². The molecule has 1 N–H and O–H groups in total. The fourth-order valence-electron chi connectivity index (χ4n) is 2.71. The van der Waals surface area contributed by atoms with Crippen molar-refractivity contribution >= 4 is 17.8 Å². The summed E-state index contributed by atoms with van der Waals surface area (Å²) in [5, 5.41) is 4.98. The molecule has 29 heavy (non-hydrogen) atoms. The van der Waals surface area contributed by atoms with Crippen molar-refractivity contribution < 1.29 is 14.2 Å². The van der Waals surface area contributed by atoms with E-state index < -0.39 is 0 Å². The monoisotopic (exact) mass is 410 g/mol. The number of benzene rings is 3. The molecular weight excluding hydrogens is 388 g/mol. The van der Waals surface area contributed by atoms with Crippen LogP contribution in [0.5, 0.6) is 17.2 Å². The van der Waals surface area contributed by atoms with E-state index in [0.717, 1.165) is 22.4 Å². The molecule has 0 spiro atoms. The molecule has 3 rings (SSSR count). The number of halogens is 1. The lowest BCUT2D eigenvalue weighted by atomic mass is 10.2. The fraction of sp³-hybridized carbons (Fsp3) is 0.174. The van der Waals surface area contributed by atoms with Gasteiger partial charge in [0.15, 0.2) is 11.5 Å². The van der Waals surface area contributed by atoms with Crippen LogP contribution in [0.25, 0.3) is 0 Å². The highest BCUT2D eigenvalue weighted by molar-refractivity contribution is 6.31. The molecule has 150 valence electrons. The van der Waals surface area contributed by atoms with Gasteiger partial charge in [-0.25, -0.2) is 0 Å². The van der Waals surface area contributed by atoms with E-state index in [-0.39, 0.29) is 0 Å². The molecule has 3 aromatic rings. The first-order chi connectivity index (χ1) is 14.2. The predicted molar refractivity (Wildman–Crippen MR) is 116 cm³/mol. The van der Waals surface area contributed by atoms with Crippen molar-refractivity contribution in [3.05, 3.63) is 88.4 Å². The topological polar surface area (TPSA) is 52.1 Å². The maximum Gasteiger partial charge on any atom is 0.161 e. The predicted octanol–water partition coefficient (Wildman–Crippen LogP) is 5.06. The van der Waals surface area contributed by atoms with Gasteiger partial charge in [0.2, 0.25) is 0 Å². The number of hydrazone groups is 1. The smallest absolute Gasteiger partial charge is 0.161 e. The average molecular weight is 411 g/mol. The summed E-state index contributed by atoms with van der Waals surface area (Å²) >= 11 is 6.17. The van der Waals surface area contributed by atoms with Gasteiger partial charge in [0.25, 0.3) is 0 Å². The molecule has 0 unspecified atom stereocenters. The molecule has 0 aliphatic rings. The zero-order valence-electron chi connectivity index (χ0n) is 16.4. The van der Waals surface area contributed by atoms with Gasteiger partial charge in [-0.1, -0.05) is 48.0 Å². The quantitative estimate of drug-likeness (QED) is 0.395. The number of ether oxygens (including phenoxy) is 3. The summed E-state index contributed by atoms with van der Waals surface area (Å²) in [5.41, 5.74) is 5.96. The maximum atomic E-state index is 6.17. The minimum absolute atomic E-state index is 0.415. The Balaban J connectivity index is 1.54. The summed E-state index contributed by atoms with van der Waals surface area (Å²) < 4.78 is 16.4. The lowest BCUT2D eigenvalue weighted by Crippen LogP contribution is -2.06. The van der Waals surface area contributed by atoms with Gasteiger partial charge in [0, 0.05) is 10.6 Å². The molecule has 0 fully saturated rings. The number of nitrogens with zero attached hydrogens (tertiary/aromatic N) is 1. The van der Waals surface area contributed by atoms with E-state index in [2.05, 4.69) is 10.5 Å². The molecule has 0 bridgehead atoms. The van der Waals surface area contributed by atoms with E-state index in [1.54, 1.807) is 20.4 Å². The molecule has 0 atom stereocenters. The van der Waals surface area contributed by atoms with Crippen LogP contribution in [0, 0.1) is 0 Å². The molecule has 3 aromatic carbocycles. The Bertz CT molecular complexity index is 976. The van der Waals surface area contributed by atoms with E-state index in [9.17, 15) is 0 Å². The van der Waals surface area contributed by atoms with Crippen LogP contribution in [0.4, 0.5) is 0 Å². The summed E-state index contributed by atoms with van der Waals surface area (Å²) in [5.74, 6) is 2.15. The van der Waals surface area contributed by atoms with Crippen molar-refractivity contribution in [1.82, 2.24) is 5.43 Å². The zero-order chi connectivity index (χ0) is 20.5. The zero-order valence-corrected chi connectivity index (χ0v) is 17.1.